The van der Waals surface area contributed by atoms with Crippen molar-refractivity contribution >= 4 is 23.4 Å². The summed E-state index contributed by atoms with van der Waals surface area (Å²) in [4.78, 5) is 7.95. The third-order valence-corrected chi connectivity index (χ3v) is 2.33. The molecule has 1 aromatic rings. The topological polar surface area (TPSA) is 85.1 Å². The van der Waals surface area contributed by atoms with Crippen molar-refractivity contribution in [3.8, 4) is 0 Å². The maximum Gasteiger partial charge on any atom is 0.239 e. The van der Waals surface area contributed by atoms with Crippen LogP contribution in [0, 0.1) is 0 Å². The lowest BCUT2D eigenvalue weighted by Crippen LogP contribution is -2.14. The summed E-state index contributed by atoms with van der Waals surface area (Å²) in [7, 11) is 0. The molecule has 0 aliphatic heterocycles. The Hall–Kier alpha value is -1.11. The Labute approximate surface area is 106 Å². The van der Waals surface area contributed by atoms with E-state index >= 15 is 0 Å². The van der Waals surface area contributed by atoms with Crippen LogP contribution in [0.1, 0.15) is 19.8 Å². The molecular weight excluding hydrogens is 242 g/mol. The maximum atomic E-state index is 5.92. The molecule has 96 valence electrons. The molecule has 6 nitrogen and oxygen atoms in total. The smallest absolute Gasteiger partial charge is 0.239 e. The van der Waals surface area contributed by atoms with Crippen LogP contribution in [-0.2, 0) is 4.74 Å². The fourth-order valence-electron chi connectivity index (χ4n) is 1.15. The van der Waals surface area contributed by atoms with E-state index in [0.29, 0.717) is 29.9 Å². The summed E-state index contributed by atoms with van der Waals surface area (Å²) in [6, 6.07) is 0. The minimum absolute atomic E-state index is 0.323. The lowest BCUT2D eigenvalue weighted by Gasteiger charge is -2.08. The van der Waals surface area contributed by atoms with Crippen LogP contribution >= 0.6 is 11.6 Å². The van der Waals surface area contributed by atoms with Gasteiger partial charge in [-0.1, -0.05) is 24.9 Å². The first-order valence-electron chi connectivity index (χ1n) is 5.58. The van der Waals surface area contributed by atoms with E-state index in [0.717, 1.165) is 19.4 Å². The molecule has 0 aliphatic carbocycles. The van der Waals surface area contributed by atoms with E-state index in [1.807, 2.05) is 0 Å². The van der Waals surface area contributed by atoms with E-state index in [-0.39, 0.29) is 0 Å². The number of anilines is 2. The Morgan fingerprint density at radius 2 is 2.29 bits per heavy atom. The lowest BCUT2D eigenvalue weighted by molar-refractivity contribution is 0.141. The van der Waals surface area contributed by atoms with Crippen molar-refractivity contribution in [1.82, 2.24) is 9.97 Å². The molecule has 0 saturated heterocycles. The summed E-state index contributed by atoms with van der Waals surface area (Å²) in [5.41, 5.74) is 2.36. The van der Waals surface area contributed by atoms with Crippen molar-refractivity contribution in [2.24, 2.45) is 5.84 Å². The van der Waals surface area contributed by atoms with Crippen molar-refractivity contribution in [3.05, 3.63) is 11.2 Å². The Morgan fingerprint density at radius 1 is 1.47 bits per heavy atom. The van der Waals surface area contributed by atoms with Gasteiger partial charge in [-0.2, -0.15) is 4.98 Å². The van der Waals surface area contributed by atoms with Crippen LogP contribution < -0.4 is 16.6 Å². The van der Waals surface area contributed by atoms with Gasteiger partial charge in [-0.15, -0.1) is 0 Å². The molecular formula is C10H18ClN5O. The summed E-state index contributed by atoms with van der Waals surface area (Å²) >= 11 is 5.92. The Bertz CT molecular complexity index is 336. The van der Waals surface area contributed by atoms with E-state index in [4.69, 9.17) is 22.2 Å². The highest BCUT2D eigenvalue weighted by Crippen LogP contribution is 2.18. The van der Waals surface area contributed by atoms with Crippen LogP contribution in [0.2, 0.25) is 5.02 Å². The van der Waals surface area contributed by atoms with Crippen molar-refractivity contribution < 1.29 is 4.74 Å². The summed E-state index contributed by atoms with van der Waals surface area (Å²) in [5, 5.41) is 3.52. The monoisotopic (exact) mass is 259 g/mol. The molecule has 0 radical (unpaired) electrons. The van der Waals surface area contributed by atoms with Gasteiger partial charge in [0.25, 0.3) is 0 Å². The van der Waals surface area contributed by atoms with Gasteiger partial charge in [0.05, 0.1) is 12.8 Å². The quantitative estimate of drug-likeness (QED) is 0.374. The fraction of sp³-hybridized carbons (Fsp3) is 0.600. The van der Waals surface area contributed by atoms with E-state index in [1.54, 1.807) is 0 Å². The first-order chi connectivity index (χ1) is 8.27. The van der Waals surface area contributed by atoms with Crippen molar-refractivity contribution in [3.63, 3.8) is 0 Å². The average molecular weight is 260 g/mol. The Balaban J connectivity index is 2.30. The van der Waals surface area contributed by atoms with Gasteiger partial charge in [-0.05, 0) is 6.42 Å². The molecule has 0 bridgehead atoms. The molecule has 1 heterocycles. The van der Waals surface area contributed by atoms with Gasteiger partial charge in [0.15, 0.2) is 5.82 Å². The van der Waals surface area contributed by atoms with Gasteiger partial charge < -0.3 is 10.1 Å². The van der Waals surface area contributed by atoms with Gasteiger partial charge in [0.1, 0.15) is 5.02 Å². The number of nitrogens with zero attached hydrogens (tertiary/aromatic N) is 2. The number of rotatable bonds is 8. The number of halogens is 1. The molecule has 1 rings (SSSR count). The fourth-order valence-corrected chi connectivity index (χ4v) is 1.31. The largest absolute Gasteiger partial charge is 0.380 e. The number of ether oxygens (including phenoxy) is 1. The summed E-state index contributed by atoms with van der Waals surface area (Å²) in [6.45, 7) is 4.17. The van der Waals surface area contributed by atoms with Gasteiger partial charge >= 0.3 is 0 Å². The molecule has 0 aliphatic rings. The second-order valence-corrected chi connectivity index (χ2v) is 3.83. The van der Waals surface area contributed by atoms with Crippen LogP contribution in [0.3, 0.4) is 0 Å². The molecule has 0 spiro atoms. The summed E-state index contributed by atoms with van der Waals surface area (Å²) < 4.78 is 5.40. The van der Waals surface area contributed by atoms with Crippen LogP contribution in [0.5, 0.6) is 0 Å². The zero-order valence-corrected chi connectivity index (χ0v) is 10.6. The number of nitrogen functional groups attached to an aromatic ring is 1. The van der Waals surface area contributed by atoms with Crippen LogP contribution in [-0.4, -0.2) is 29.7 Å². The molecule has 1 aromatic heterocycles. The van der Waals surface area contributed by atoms with E-state index in [9.17, 15) is 0 Å². The molecule has 4 N–H and O–H groups in total. The highest BCUT2D eigenvalue weighted by molar-refractivity contribution is 6.32. The van der Waals surface area contributed by atoms with Gasteiger partial charge in [-0.3, -0.25) is 5.43 Å². The first-order valence-corrected chi connectivity index (χ1v) is 5.96. The number of aromatic nitrogens is 2. The lowest BCUT2D eigenvalue weighted by atomic mass is 10.4. The van der Waals surface area contributed by atoms with Gasteiger partial charge in [0.2, 0.25) is 5.95 Å². The minimum atomic E-state index is 0.323. The third-order valence-electron chi connectivity index (χ3n) is 2.05. The zero-order chi connectivity index (χ0) is 12.5. The first kappa shape index (κ1) is 14.0. The summed E-state index contributed by atoms with van der Waals surface area (Å²) in [5.74, 6) is 6.08. The number of nitrogens with two attached hydrogens (primary N) is 1. The predicted octanol–water partition coefficient (Wildman–Crippen LogP) is 1.64. The molecule has 7 heteroatoms. The number of hydrogen-bond donors (Lipinski definition) is 3. The molecule has 0 amide bonds. The SMILES string of the molecule is CCCCOCCNc1nc(NN)ncc1Cl. The zero-order valence-electron chi connectivity index (χ0n) is 9.87. The Morgan fingerprint density at radius 3 is 3.00 bits per heavy atom. The van der Waals surface area contributed by atoms with Crippen molar-refractivity contribution in [2.45, 2.75) is 19.8 Å². The number of nitrogens with one attached hydrogen (secondary N) is 2. The molecule has 0 aromatic carbocycles. The molecule has 0 saturated carbocycles. The van der Waals surface area contributed by atoms with Gasteiger partial charge in [0, 0.05) is 13.2 Å². The second-order valence-electron chi connectivity index (χ2n) is 3.43. The third kappa shape index (κ3) is 5.16. The van der Waals surface area contributed by atoms with E-state index in [2.05, 4.69) is 27.6 Å². The molecule has 0 unspecified atom stereocenters. The molecule has 0 atom stereocenters. The standard InChI is InChI=1S/C10H18ClN5O/c1-2-3-5-17-6-4-13-9-8(11)7-14-10(15-9)16-12/h7H,2-6,12H2,1H3,(H2,13,14,15,16). The van der Waals surface area contributed by atoms with Gasteiger partial charge in [-0.25, -0.2) is 10.8 Å². The predicted molar refractivity (Wildman–Crippen MR) is 69.1 cm³/mol. The summed E-state index contributed by atoms with van der Waals surface area (Å²) in [6.07, 6.45) is 3.70. The van der Waals surface area contributed by atoms with Crippen LogP contribution in [0.15, 0.2) is 6.20 Å². The van der Waals surface area contributed by atoms with Crippen molar-refractivity contribution in [2.75, 3.05) is 30.5 Å². The van der Waals surface area contributed by atoms with Crippen LogP contribution in [0.25, 0.3) is 0 Å². The van der Waals surface area contributed by atoms with E-state index in [1.165, 1.54) is 6.20 Å². The second kappa shape index (κ2) is 8.05. The maximum absolute atomic E-state index is 5.92. The number of hydrogen-bond acceptors (Lipinski definition) is 6. The average Bonchev–Trinajstić information content (AvgIpc) is 2.35. The van der Waals surface area contributed by atoms with E-state index < -0.39 is 0 Å². The Kier molecular flexibility index (Phi) is 6.61. The number of hydrazine groups is 1. The molecule has 0 fully saturated rings. The highest BCUT2D eigenvalue weighted by Gasteiger charge is 2.03. The normalized spacial score (nSPS) is 10.3. The number of unbranched alkanes of at least 4 members (excludes halogenated alkanes) is 1. The molecule has 17 heavy (non-hydrogen) atoms. The van der Waals surface area contributed by atoms with Crippen LogP contribution in [0.4, 0.5) is 11.8 Å². The highest BCUT2D eigenvalue weighted by atomic mass is 35.5. The minimum Gasteiger partial charge on any atom is -0.380 e. The van der Waals surface area contributed by atoms with Crippen molar-refractivity contribution in [1.29, 1.82) is 0 Å².